The van der Waals surface area contributed by atoms with Crippen LogP contribution in [0.15, 0.2) is 65.6 Å². The molecule has 2 unspecified atom stereocenters. The lowest BCUT2D eigenvalue weighted by molar-refractivity contribution is -0.133. The van der Waals surface area contributed by atoms with E-state index in [0.29, 0.717) is 41.7 Å². The van der Waals surface area contributed by atoms with Crippen molar-refractivity contribution in [2.75, 3.05) is 39.0 Å². The minimum atomic E-state index is -3.87. The highest BCUT2D eigenvalue weighted by Crippen LogP contribution is 2.31. The van der Waals surface area contributed by atoms with Gasteiger partial charge in [0.05, 0.1) is 11.4 Å². The molecule has 8 nitrogen and oxygen atoms in total. The van der Waals surface area contributed by atoms with Gasteiger partial charge in [-0.3, -0.25) is 9.59 Å². The number of nitrogens with one attached hydrogen (secondary N) is 2. The standard InChI is InChI=1S/C29H36N4O4S/c1-20-10-5-6-12-23(20)29(35)30-26-15-16-27(25-14-8-7-13-24(25)26)38(36,37)31-21(2)22-11-9-17-33(18-22)28(34)19-32(3)4/h5-8,10,12-16,21-22,31H,9,11,17-19H2,1-4H3,(H,30,35). The summed E-state index contributed by atoms with van der Waals surface area (Å²) in [5.41, 5.74) is 1.97. The van der Waals surface area contributed by atoms with Gasteiger partial charge in [-0.1, -0.05) is 42.5 Å². The van der Waals surface area contributed by atoms with Crippen molar-refractivity contribution in [3.63, 3.8) is 0 Å². The number of aryl methyl sites for hydroxylation is 1. The monoisotopic (exact) mass is 536 g/mol. The summed E-state index contributed by atoms with van der Waals surface area (Å²) < 4.78 is 30.0. The zero-order valence-corrected chi connectivity index (χ0v) is 23.2. The van der Waals surface area contributed by atoms with E-state index in [1.165, 1.54) is 0 Å². The molecule has 3 aromatic rings. The maximum atomic E-state index is 13.6. The van der Waals surface area contributed by atoms with E-state index >= 15 is 0 Å². The molecule has 202 valence electrons. The van der Waals surface area contributed by atoms with E-state index in [1.807, 2.05) is 62.0 Å². The number of piperidine rings is 1. The number of sulfonamides is 1. The maximum Gasteiger partial charge on any atom is 0.255 e. The van der Waals surface area contributed by atoms with Crippen LogP contribution in [0.4, 0.5) is 5.69 Å². The summed E-state index contributed by atoms with van der Waals surface area (Å²) in [4.78, 5) is 29.3. The second-order valence-electron chi connectivity index (χ2n) is 10.3. The van der Waals surface area contributed by atoms with E-state index in [1.54, 1.807) is 36.4 Å². The highest BCUT2D eigenvalue weighted by molar-refractivity contribution is 7.89. The predicted octanol–water partition coefficient (Wildman–Crippen LogP) is 3.87. The van der Waals surface area contributed by atoms with E-state index in [-0.39, 0.29) is 28.7 Å². The minimum absolute atomic E-state index is 0.0172. The molecular formula is C29H36N4O4S. The Hall–Kier alpha value is -3.27. The number of fused-ring (bicyclic) bond motifs is 1. The highest BCUT2D eigenvalue weighted by Gasteiger charge is 2.31. The number of nitrogens with zero attached hydrogens (tertiary/aromatic N) is 2. The topological polar surface area (TPSA) is 98.8 Å². The molecule has 38 heavy (non-hydrogen) atoms. The van der Waals surface area contributed by atoms with Gasteiger partial charge in [-0.05, 0) is 70.5 Å². The lowest BCUT2D eigenvalue weighted by Gasteiger charge is -2.36. The SMILES string of the molecule is Cc1ccccc1C(=O)Nc1ccc(S(=O)(=O)NC(C)C2CCCN(C(=O)CN(C)C)C2)c2ccccc12. The largest absolute Gasteiger partial charge is 0.341 e. The van der Waals surface area contributed by atoms with Gasteiger partial charge in [0, 0.05) is 41.2 Å². The molecule has 2 N–H and O–H groups in total. The minimum Gasteiger partial charge on any atom is -0.341 e. The van der Waals surface area contributed by atoms with Crippen LogP contribution in [0.5, 0.6) is 0 Å². The molecule has 0 spiro atoms. The van der Waals surface area contributed by atoms with Crippen LogP contribution in [0.3, 0.4) is 0 Å². The van der Waals surface area contributed by atoms with Crippen molar-refractivity contribution in [3.05, 3.63) is 71.8 Å². The van der Waals surface area contributed by atoms with E-state index in [2.05, 4.69) is 10.0 Å². The molecule has 2 atom stereocenters. The molecule has 0 aliphatic carbocycles. The Balaban J connectivity index is 1.55. The second-order valence-corrected chi connectivity index (χ2v) is 12.0. The zero-order valence-electron chi connectivity index (χ0n) is 22.4. The van der Waals surface area contributed by atoms with Crippen molar-refractivity contribution in [2.24, 2.45) is 5.92 Å². The summed E-state index contributed by atoms with van der Waals surface area (Å²) in [6, 6.07) is 17.3. The molecule has 1 aliphatic heterocycles. The average Bonchev–Trinajstić information content (AvgIpc) is 2.88. The van der Waals surface area contributed by atoms with Crippen LogP contribution >= 0.6 is 0 Å². The van der Waals surface area contributed by atoms with E-state index in [9.17, 15) is 18.0 Å². The Morgan fingerprint density at radius 1 is 1.03 bits per heavy atom. The first-order valence-corrected chi connectivity index (χ1v) is 14.4. The van der Waals surface area contributed by atoms with Crippen LogP contribution in [0.1, 0.15) is 35.7 Å². The fourth-order valence-corrected chi connectivity index (χ4v) is 6.58. The van der Waals surface area contributed by atoms with Crippen molar-refractivity contribution < 1.29 is 18.0 Å². The van der Waals surface area contributed by atoms with Gasteiger partial charge in [-0.2, -0.15) is 0 Å². The Morgan fingerprint density at radius 3 is 2.42 bits per heavy atom. The summed E-state index contributed by atoms with van der Waals surface area (Å²) in [6.07, 6.45) is 1.69. The van der Waals surface area contributed by atoms with Gasteiger partial charge < -0.3 is 15.1 Å². The number of carbonyl (C=O) groups is 2. The number of rotatable bonds is 8. The normalized spacial score (nSPS) is 17.0. The number of amides is 2. The van der Waals surface area contributed by atoms with Crippen molar-refractivity contribution in [3.8, 4) is 0 Å². The summed E-state index contributed by atoms with van der Waals surface area (Å²) in [5.74, 6) is -0.172. The van der Waals surface area contributed by atoms with Gasteiger partial charge in [0.2, 0.25) is 15.9 Å². The van der Waals surface area contributed by atoms with Gasteiger partial charge in [0.1, 0.15) is 0 Å². The van der Waals surface area contributed by atoms with Crippen LogP contribution in [-0.4, -0.2) is 69.8 Å². The van der Waals surface area contributed by atoms with Crippen molar-refractivity contribution >= 4 is 38.3 Å². The smallest absolute Gasteiger partial charge is 0.255 e. The molecule has 0 aromatic heterocycles. The number of hydrogen-bond donors (Lipinski definition) is 2. The highest BCUT2D eigenvalue weighted by atomic mass is 32.2. The van der Waals surface area contributed by atoms with Crippen LogP contribution in [-0.2, 0) is 14.8 Å². The third kappa shape index (κ3) is 6.23. The predicted molar refractivity (Wildman–Crippen MR) is 151 cm³/mol. The van der Waals surface area contributed by atoms with Crippen molar-refractivity contribution in [1.82, 2.24) is 14.5 Å². The third-order valence-electron chi connectivity index (χ3n) is 7.12. The maximum absolute atomic E-state index is 13.6. The number of likely N-dealkylation sites (N-methyl/N-ethyl adjacent to an activating group) is 1. The van der Waals surface area contributed by atoms with Crippen LogP contribution in [0, 0.1) is 12.8 Å². The van der Waals surface area contributed by atoms with E-state index in [0.717, 1.165) is 18.4 Å². The molecule has 3 aromatic carbocycles. The first-order valence-electron chi connectivity index (χ1n) is 12.9. The summed E-state index contributed by atoms with van der Waals surface area (Å²) >= 11 is 0. The van der Waals surface area contributed by atoms with Gasteiger partial charge in [0.25, 0.3) is 5.91 Å². The van der Waals surface area contributed by atoms with Crippen LogP contribution in [0.25, 0.3) is 10.8 Å². The summed E-state index contributed by atoms with van der Waals surface area (Å²) in [7, 11) is -0.149. The first-order chi connectivity index (χ1) is 18.1. The molecule has 1 heterocycles. The van der Waals surface area contributed by atoms with Crippen molar-refractivity contribution in [1.29, 1.82) is 0 Å². The van der Waals surface area contributed by atoms with Crippen molar-refractivity contribution in [2.45, 2.75) is 37.6 Å². The molecule has 1 fully saturated rings. The number of carbonyl (C=O) groups excluding carboxylic acids is 2. The molecule has 0 bridgehead atoms. The third-order valence-corrected chi connectivity index (χ3v) is 8.74. The Bertz CT molecular complexity index is 1440. The molecule has 4 rings (SSSR count). The number of hydrogen-bond acceptors (Lipinski definition) is 5. The molecule has 2 amide bonds. The first kappa shape index (κ1) is 27.8. The number of anilines is 1. The molecular weight excluding hydrogens is 500 g/mol. The average molecular weight is 537 g/mol. The van der Waals surface area contributed by atoms with Gasteiger partial charge in [-0.25, -0.2) is 13.1 Å². The summed E-state index contributed by atoms with van der Waals surface area (Å²) in [5, 5.41) is 4.12. The summed E-state index contributed by atoms with van der Waals surface area (Å²) in [6.45, 7) is 5.30. The Labute approximate surface area is 225 Å². The van der Waals surface area contributed by atoms with E-state index in [4.69, 9.17) is 0 Å². The van der Waals surface area contributed by atoms with Gasteiger partial charge in [-0.15, -0.1) is 0 Å². The fraction of sp³-hybridized carbons (Fsp3) is 0.379. The molecule has 1 saturated heterocycles. The molecule has 9 heteroatoms. The number of likely N-dealkylation sites (tertiary alicyclic amines) is 1. The number of benzene rings is 3. The molecule has 0 saturated carbocycles. The molecule has 0 radical (unpaired) electrons. The van der Waals surface area contributed by atoms with E-state index < -0.39 is 10.0 Å². The fourth-order valence-electron chi connectivity index (χ4n) is 5.05. The lowest BCUT2D eigenvalue weighted by atomic mass is 9.92. The van der Waals surface area contributed by atoms with Gasteiger partial charge >= 0.3 is 0 Å². The lowest BCUT2D eigenvalue weighted by Crippen LogP contribution is -2.49. The zero-order chi connectivity index (χ0) is 27.4. The second kappa shape index (κ2) is 11.6. The van der Waals surface area contributed by atoms with Gasteiger partial charge in [0.15, 0.2) is 0 Å². The molecule has 1 aliphatic rings. The van der Waals surface area contributed by atoms with Crippen LogP contribution < -0.4 is 10.0 Å². The Morgan fingerprint density at radius 2 is 1.71 bits per heavy atom. The quantitative estimate of drug-likeness (QED) is 0.456. The Kier molecular flexibility index (Phi) is 8.50. The van der Waals surface area contributed by atoms with Crippen LogP contribution in [0.2, 0.25) is 0 Å².